The molecule has 0 saturated carbocycles. The zero-order valence-electron chi connectivity index (χ0n) is 12.8. The predicted octanol–water partition coefficient (Wildman–Crippen LogP) is 0.488. The fourth-order valence-corrected chi connectivity index (χ4v) is 3.54. The first-order valence-electron chi connectivity index (χ1n) is 7.46. The molecule has 1 aromatic rings. The van der Waals surface area contributed by atoms with Crippen molar-refractivity contribution in [1.29, 1.82) is 0 Å². The molecule has 0 bridgehead atoms. The molecule has 7 heteroatoms. The second-order valence-electron chi connectivity index (χ2n) is 5.82. The Labute approximate surface area is 131 Å². The summed E-state index contributed by atoms with van der Waals surface area (Å²) in [5, 5.41) is 14.8. The molecule has 124 valence electrons. The van der Waals surface area contributed by atoms with Crippen LogP contribution in [0.15, 0.2) is 24.3 Å². The van der Waals surface area contributed by atoms with Crippen LogP contribution in [-0.2, 0) is 10.0 Å². The second kappa shape index (κ2) is 7.41. The maximum absolute atomic E-state index is 11.3. The number of aliphatic hydroxyl groups excluding tert-OH is 1. The monoisotopic (exact) mass is 328 g/mol. The summed E-state index contributed by atoms with van der Waals surface area (Å²) in [6, 6.07) is 7.67. The van der Waals surface area contributed by atoms with Gasteiger partial charge >= 0.3 is 0 Å². The third-order valence-electron chi connectivity index (χ3n) is 3.99. The molecular formula is C15H24N2O4S. The Morgan fingerprint density at radius 1 is 1.36 bits per heavy atom. The van der Waals surface area contributed by atoms with Crippen LogP contribution in [0.2, 0.25) is 0 Å². The third kappa shape index (κ3) is 4.95. The van der Waals surface area contributed by atoms with Crippen LogP contribution in [0.5, 0.6) is 5.75 Å². The minimum absolute atomic E-state index is 0.222. The first-order valence-corrected chi connectivity index (χ1v) is 9.07. The van der Waals surface area contributed by atoms with Crippen LogP contribution in [0.3, 0.4) is 0 Å². The number of ether oxygens (including phenoxy) is 1. The van der Waals surface area contributed by atoms with Crippen LogP contribution in [-0.4, -0.2) is 56.0 Å². The summed E-state index contributed by atoms with van der Waals surface area (Å²) < 4.78 is 28.2. The van der Waals surface area contributed by atoms with Crippen LogP contribution in [0.1, 0.15) is 18.4 Å². The third-order valence-corrected chi connectivity index (χ3v) is 5.39. The maximum Gasteiger partial charge on any atom is 0.212 e. The van der Waals surface area contributed by atoms with Crippen LogP contribution in [0.25, 0.3) is 0 Å². The van der Waals surface area contributed by atoms with E-state index in [1.807, 2.05) is 36.1 Å². The van der Waals surface area contributed by atoms with Crippen molar-refractivity contribution in [3.63, 3.8) is 0 Å². The Kier molecular flexibility index (Phi) is 5.80. The van der Waals surface area contributed by atoms with E-state index >= 15 is 0 Å². The van der Waals surface area contributed by atoms with Crippen LogP contribution in [0.4, 0.5) is 0 Å². The van der Waals surface area contributed by atoms with Gasteiger partial charge in [-0.1, -0.05) is 18.2 Å². The summed E-state index contributed by atoms with van der Waals surface area (Å²) in [7, 11) is -3.44. The van der Waals surface area contributed by atoms with Gasteiger partial charge in [-0.25, -0.2) is 13.6 Å². The topological polar surface area (TPSA) is 92.9 Å². The Bertz CT molecular complexity index is 583. The van der Waals surface area contributed by atoms with Gasteiger partial charge in [-0.3, -0.25) is 0 Å². The van der Waals surface area contributed by atoms with Gasteiger partial charge in [0.25, 0.3) is 0 Å². The van der Waals surface area contributed by atoms with Gasteiger partial charge in [0.1, 0.15) is 18.5 Å². The van der Waals surface area contributed by atoms with Gasteiger partial charge < -0.3 is 14.7 Å². The van der Waals surface area contributed by atoms with Gasteiger partial charge in [-0.2, -0.15) is 0 Å². The SMILES string of the molecule is Cc1ccccc1OCC(O)CN1CCC(S(N)(=O)=O)CC1. The quantitative estimate of drug-likeness (QED) is 0.793. The fraction of sp³-hybridized carbons (Fsp3) is 0.600. The zero-order chi connectivity index (χ0) is 16.2. The average molecular weight is 328 g/mol. The van der Waals surface area contributed by atoms with E-state index in [4.69, 9.17) is 9.88 Å². The molecule has 1 saturated heterocycles. The molecule has 1 atom stereocenters. The van der Waals surface area contributed by atoms with Crippen molar-refractivity contribution < 1.29 is 18.3 Å². The van der Waals surface area contributed by atoms with E-state index in [1.54, 1.807) is 0 Å². The van der Waals surface area contributed by atoms with Gasteiger partial charge in [-0.15, -0.1) is 0 Å². The lowest BCUT2D eigenvalue weighted by Crippen LogP contribution is -2.45. The van der Waals surface area contributed by atoms with Crippen molar-refractivity contribution in [1.82, 2.24) is 4.90 Å². The minimum atomic E-state index is -3.44. The Morgan fingerprint density at radius 2 is 2.00 bits per heavy atom. The Balaban J connectivity index is 1.74. The van der Waals surface area contributed by atoms with E-state index in [0.717, 1.165) is 11.3 Å². The van der Waals surface area contributed by atoms with Crippen LogP contribution in [0, 0.1) is 6.92 Å². The standard InChI is InChI=1S/C15H24N2O4S/c1-12-4-2-3-5-15(12)21-11-13(18)10-17-8-6-14(7-9-17)22(16,19)20/h2-5,13-14,18H,6-11H2,1H3,(H2,16,19,20). The number of rotatable bonds is 6. The van der Waals surface area contributed by atoms with Crippen LogP contribution < -0.4 is 9.88 Å². The highest BCUT2D eigenvalue weighted by Crippen LogP contribution is 2.18. The normalized spacial score (nSPS) is 19.0. The molecule has 0 aromatic heterocycles. The molecule has 2 rings (SSSR count). The molecule has 6 nitrogen and oxygen atoms in total. The summed E-state index contributed by atoms with van der Waals surface area (Å²) in [6.07, 6.45) is 0.430. The number of likely N-dealkylation sites (tertiary alicyclic amines) is 1. The molecule has 0 radical (unpaired) electrons. The number of β-amino-alcohol motifs (C(OH)–C–C–N with tert-alkyl or cyclic N) is 1. The number of primary sulfonamides is 1. The number of piperidine rings is 1. The van der Waals surface area contributed by atoms with Crippen molar-refractivity contribution in [2.24, 2.45) is 5.14 Å². The van der Waals surface area contributed by atoms with E-state index in [2.05, 4.69) is 0 Å². The number of sulfonamides is 1. The van der Waals surface area contributed by atoms with Gasteiger partial charge in [-0.05, 0) is 44.5 Å². The molecule has 1 aliphatic heterocycles. The maximum atomic E-state index is 11.3. The molecule has 0 spiro atoms. The number of benzene rings is 1. The highest BCUT2D eigenvalue weighted by atomic mass is 32.2. The first-order chi connectivity index (χ1) is 10.4. The van der Waals surface area contributed by atoms with Crippen molar-refractivity contribution >= 4 is 10.0 Å². The zero-order valence-corrected chi connectivity index (χ0v) is 13.6. The van der Waals surface area contributed by atoms with E-state index in [9.17, 15) is 13.5 Å². The van der Waals surface area contributed by atoms with Crippen LogP contribution >= 0.6 is 0 Å². The van der Waals surface area contributed by atoms with E-state index in [1.165, 1.54) is 0 Å². The number of aliphatic hydroxyl groups is 1. The van der Waals surface area contributed by atoms with E-state index in [0.29, 0.717) is 32.5 Å². The number of para-hydroxylation sites is 1. The molecule has 1 unspecified atom stereocenters. The molecule has 1 aromatic carbocycles. The number of hydrogen-bond acceptors (Lipinski definition) is 5. The summed E-state index contributed by atoms with van der Waals surface area (Å²) in [4.78, 5) is 2.05. The van der Waals surface area contributed by atoms with E-state index in [-0.39, 0.29) is 6.61 Å². The smallest absolute Gasteiger partial charge is 0.212 e. The molecule has 3 N–H and O–H groups in total. The molecule has 1 heterocycles. The Hall–Kier alpha value is -1.15. The number of nitrogens with two attached hydrogens (primary N) is 1. The molecule has 0 amide bonds. The second-order valence-corrected chi connectivity index (χ2v) is 7.66. The summed E-state index contributed by atoms with van der Waals surface area (Å²) >= 11 is 0. The summed E-state index contributed by atoms with van der Waals surface area (Å²) in [6.45, 7) is 3.91. The average Bonchev–Trinajstić information content (AvgIpc) is 2.46. The minimum Gasteiger partial charge on any atom is -0.491 e. The lowest BCUT2D eigenvalue weighted by atomic mass is 10.1. The fourth-order valence-electron chi connectivity index (χ4n) is 2.68. The van der Waals surface area contributed by atoms with Gasteiger partial charge in [0.05, 0.1) is 5.25 Å². The largest absolute Gasteiger partial charge is 0.491 e. The first kappa shape index (κ1) is 17.2. The molecular weight excluding hydrogens is 304 g/mol. The molecule has 1 aliphatic rings. The summed E-state index contributed by atoms with van der Waals surface area (Å²) in [5.74, 6) is 0.773. The highest BCUT2D eigenvalue weighted by Gasteiger charge is 2.27. The molecule has 22 heavy (non-hydrogen) atoms. The molecule has 1 fully saturated rings. The number of hydrogen-bond donors (Lipinski definition) is 2. The van der Waals surface area contributed by atoms with Gasteiger partial charge in [0.15, 0.2) is 0 Å². The Morgan fingerprint density at radius 3 is 2.59 bits per heavy atom. The van der Waals surface area contributed by atoms with Crippen molar-refractivity contribution in [3.05, 3.63) is 29.8 Å². The van der Waals surface area contributed by atoms with Crippen molar-refractivity contribution in [2.75, 3.05) is 26.2 Å². The number of nitrogens with zero attached hydrogens (tertiary/aromatic N) is 1. The van der Waals surface area contributed by atoms with Gasteiger partial charge in [0.2, 0.25) is 10.0 Å². The summed E-state index contributed by atoms with van der Waals surface area (Å²) in [5.41, 5.74) is 1.03. The highest BCUT2D eigenvalue weighted by molar-refractivity contribution is 7.89. The van der Waals surface area contributed by atoms with E-state index < -0.39 is 21.4 Å². The van der Waals surface area contributed by atoms with Crippen molar-refractivity contribution in [3.8, 4) is 5.75 Å². The van der Waals surface area contributed by atoms with Gasteiger partial charge in [0, 0.05) is 6.54 Å². The lowest BCUT2D eigenvalue weighted by molar-refractivity contribution is 0.0618. The van der Waals surface area contributed by atoms with Crippen molar-refractivity contribution in [2.45, 2.75) is 31.1 Å². The number of aryl methyl sites for hydroxylation is 1. The molecule has 0 aliphatic carbocycles. The predicted molar refractivity (Wildman–Crippen MR) is 85.3 cm³/mol. The lowest BCUT2D eigenvalue weighted by Gasteiger charge is -2.32.